The second-order valence-corrected chi connectivity index (χ2v) is 6.01. The van der Waals surface area contributed by atoms with Crippen molar-refractivity contribution in [2.75, 3.05) is 17.3 Å². The van der Waals surface area contributed by atoms with Crippen LogP contribution in [0.15, 0.2) is 22.7 Å². The van der Waals surface area contributed by atoms with E-state index >= 15 is 0 Å². The van der Waals surface area contributed by atoms with Gasteiger partial charge < -0.3 is 4.90 Å². The number of benzene rings is 1. The lowest BCUT2D eigenvalue weighted by atomic mass is 10.0. The van der Waals surface area contributed by atoms with Crippen LogP contribution >= 0.6 is 27.5 Å². The quantitative estimate of drug-likeness (QED) is 0.680. The highest BCUT2D eigenvalue weighted by molar-refractivity contribution is 9.10. The van der Waals surface area contributed by atoms with Gasteiger partial charge in [-0.05, 0) is 46.5 Å². The highest BCUT2D eigenvalue weighted by atomic mass is 79.9. The SMILES string of the molecule is CC1CCN(c2ccc(C(F)(F)F)cc2Br)C1CCl. The molecule has 1 fully saturated rings. The van der Waals surface area contributed by atoms with Crippen LogP contribution in [0.3, 0.4) is 0 Å². The van der Waals surface area contributed by atoms with Gasteiger partial charge in [-0.3, -0.25) is 0 Å². The van der Waals surface area contributed by atoms with Crippen molar-refractivity contribution < 1.29 is 13.2 Å². The Morgan fingerprint density at radius 3 is 2.63 bits per heavy atom. The molecule has 19 heavy (non-hydrogen) atoms. The Balaban J connectivity index is 2.32. The van der Waals surface area contributed by atoms with Crippen molar-refractivity contribution in [1.82, 2.24) is 0 Å². The van der Waals surface area contributed by atoms with E-state index in [9.17, 15) is 13.2 Å². The maximum absolute atomic E-state index is 12.6. The lowest BCUT2D eigenvalue weighted by Crippen LogP contribution is -2.33. The molecule has 6 heteroatoms. The number of anilines is 1. The molecule has 0 spiro atoms. The standard InChI is InChI=1S/C13H14BrClF3N/c1-8-4-5-19(12(8)7-15)11-3-2-9(6-10(11)14)13(16,17)18/h2-3,6,8,12H,4-5,7H2,1H3. The van der Waals surface area contributed by atoms with Gasteiger partial charge >= 0.3 is 6.18 Å². The number of hydrogen-bond acceptors (Lipinski definition) is 1. The molecule has 0 bridgehead atoms. The van der Waals surface area contributed by atoms with Crippen LogP contribution in [0.4, 0.5) is 18.9 Å². The summed E-state index contributed by atoms with van der Waals surface area (Å²) < 4.78 is 38.3. The molecule has 1 aromatic rings. The summed E-state index contributed by atoms with van der Waals surface area (Å²) in [6, 6.07) is 3.94. The zero-order valence-electron chi connectivity index (χ0n) is 10.3. The molecule has 0 saturated carbocycles. The summed E-state index contributed by atoms with van der Waals surface area (Å²) in [4.78, 5) is 2.09. The molecule has 0 radical (unpaired) electrons. The molecule has 0 aromatic heterocycles. The molecule has 1 heterocycles. The van der Waals surface area contributed by atoms with Gasteiger partial charge in [0, 0.05) is 22.9 Å². The van der Waals surface area contributed by atoms with E-state index in [1.165, 1.54) is 6.07 Å². The van der Waals surface area contributed by atoms with Gasteiger partial charge in [0.2, 0.25) is 0 Å². The average Bonchev–Trinajstić information content (AvgIpc) is 2.69. The van der Waals surface area contributed by atoms with E-state index in [4.69, 9.17) is 11.6 Å². The van der Waals surface area contributed by atoms with E-state index < -0.39 is 11.7 Å². The van der Waals surface area contributed by atoms with Gasteiger partial charge in [-0.15, -0.1) is 11.6 Å². The Labute approximate surface area is 123 Å². The van der Waals surface area contributed by atoms with Crippen LogP contribution in [0, 0.1) is 5.92 Å². The van der Waals surface area contributed by atoms with Gasteiger partial charge in [0.05, 0.1) is 11.3 Å². The first-order valence-corrected chi connectivity index (χ1v) is 7.36. The maximum Gasteiger partial charge on any atom is 0.416 e. The lowest BCUT2D eigenvalue weighted by molar-refractivity contribution is -0.137. The summed E-state index contributed by atoms with van der Waals surface area (Å²) >= 11 is 9.21. The third-order valence-corrected chi connectivity index (χ3v) is 4.58. The fourth-order valence-electron chi connectivity index (χ4n) is 2.46. The van der Waals surface area contributed by atoms with E-state index in [1.807, 2.05) is 0 Å². The maximum atomic E-state index is 12.6. The van der Waals surface area contributed by atoms with Crippen LogP contribution in [0.1, 0.15) is 18.9 Å². The van der Waals surface area contributed by atoms with Gasteiger partial charge in [0.25, 0.3) is 0 Å². The van der Waals surface area contributed by atoms with Crippen LogP contribution < -0.4 is 4.90 Å². The molecule has 1 aliphatic heterocycles. The minimum Gasteiger partial charge on any atom is -0.366 e. The monoisotopic (exact) mass is 355 g/mol. The van der Waals surface area contributed by atoms with E-state index in [1.54, 1.807) is 0 Å². The first-order valence-electron chi connectivity index (χ1n) is 6.04. The summed E-state index contributed by atoms with van der Waals surface area (Å²) in [5.74, 6) is 0.931. The Morgan fingerprint density at radius 2 is 2.11 bits per heavy atom. The van der Waals surface area contributed by atoms with Crippen LogP contribution in [0.25, 0.3) is 0 Å². The summed E-state index contributed by atoms with van der Waals surface area (Å²) in [5.41, 5.74) is 0.140. The van der Waals surface area contributed by atoms with Crippen molar-refractivity contribution in [1.29, 1.82) is 0 Å². The van der Waals surface area contributed by atoms with E-state index in [2.05, 4.69) is 27.8 Å². The number of hydrogen-bond donors (Lipinski definition) is 0. The van der Waals surface area contributed by atoms with Crippen LogP contribution in [0.2, 0.25) is 0 Å². The minimum atomic E-state index is -4.31. The normalized spacial score (nSPS) is 24.0. The second kappa shape index (κ2) is 5.52. The first-order chi connectivity index (χ1) is 8.84. The van der Waals surface area contributed by atoms with Crippen LogP contribution in [-0.4, -0.2) is 18.5 Å². The summed E-state index contributed by atoms with van der Waals surface area (Å²) in [7, 11) is 0. The molecule has 1 aliphatic rings. The zero-order valence-corrected chi connectivity index (χ0v) is 12.7. The van der Waals surface area contributed by atoms with E-state index in [-0.39, 0.29) is 6.04 Å². The fourth-order valence-corrected chi connectivity index (χ4v) is 3.54. The van der Waals surface area contributed by atoms with Crippen molar-refractivity contribution in [2.45, 2.75) is 25.6 Å². The smallest absolute Gasteiger partial charge is 0.366 e. The van der Waals surface area contributed by atoms with Crippen LogP contribution in [0.5, 0.6) is 0 Å². The molecular formula is C13H14BrClF3N. The molecular weight excluding hydrogens is 343 g/mol. The Kier molecular flexibility index (Phi) is 4.35. The third-order valence-electron chi connectivity index (χ3n) is 3.63. The van der Waals surface area contributed by atoms with E-state index in [0.717, 1.165) is 30.8 Å². The van der Waals surface area contributed by atoms with Gasteiger partial charge in [-0.1, -0.05) is 6.92 Å². The molecule has 1 aromatic carbocycles. The molecule has 0 N–H and O–H groups in total. The number of rotatable bonds is 2. The van der Waals surface area contributed by atoms with E-state index in [0.29, 0.717) is 16.3 Å². The Morgan fingerprint density at radius 1 is 1.42 bits per heavy atom. The Bertz CT molecular complexity index is 464. The third kappa shape index (κ3) is 3.02. The first kappa shape index (κ1) is 15.0. The molecule has 0 amide bonds. The summed E-state index contributed by atoms with van der Waals surface area (Å²) in [6.45, 7) is 2.94. The largest absolute Gasteiger partial charge is 0.416 e. The zero-order chi connectivity index (χ0) is 14.2. The van der Waals surface area contributed by atoms with Gasteiger partial charge in [0.15, 0.2) is 0 Å². The number of halogens is 5. The van der Waals surface area contributed by atoms with Gasteiger partial charge in [0.1, 0.15) is 0 Å². The topological polar surface area (TPSA) is 3.24 Å². The van der Waals surface area contributed by atoms with Crippen molar-refractivity contribution in [2.24, 2.45) is 5.92 Å². The second-order valence-electron chi connectivity index (χ2n) is 4.84. The molecule has 2 unspecified atom stereocenters. The molecule has 2 rings (SSSR count). The highest BCUT2D eigenvalue weighted by Gasteiger charge is 2.34. The van der Waals surface area contributed by atoms with Gasteiger partial charge in [-0.2, -0.15) is 13.2 Å². The number of nitrogens with zero attached hydrogens (tertiary/aromatic N) is 1. The van der Waals surface area contributed by atoms with Gasteiger partial charge in [-0.25, -0.2) is 0 Å². The average molecular weight is 357 g/mol. The molecule has 1 saturated heterocycles. The van der Waals surface area contributed by atoms with Crippen molar-refractivity contribution in [3.05, 3.63) is 28.2 Å². The van der Waals surface area contributed by atoms with Crippen molar-refractivity contribution in [3.63, 3.8) is 0 Å². The molecule has 0 aliphatic carbocycles. The minimum absolute atomic E-state index is 0.176. The van der Waals surface area contributed by atoms with Crippen molar-refractivity contribution in [3.8, 4) is 0 Å². The highest BCUT2D eigenvalue weighted by Crippen LogP contribution is 2.38. The summed E-state index contributed by atoms with van der Waals surface area (Å²) in [6.07, 6.45) is -3.31. The predicted octanol–water partition coefficient (Wildman–Crippen LogP) is 4.92. The fraction of sp³-hybridized carbons (Fsp3) is 0.538. The molecule has 106 valence electrons. The van der Waals surface area contributed by atoms with Crippen molar-refractivity contribution >= 4 is 33.2 Å². The number of alkyl halides is 4. The molecule has 2 atom stereocenters. The summed E-state index contributed by atoms with van der Waals surface area (Å²) in [5, 5.41) is 0. The van der Waals surface area contributed by atoms with Crippen LogP contribution in [-0.2, 0) is 6.18 Å². The predicted molar refractivity (Wildman–Crippen MR) is 74.8 cm³/mol. The Hall–Kier alpha value is -0.420. The molecule has 1 nitrogen and oxygen atoms in total. The lowest BCUT2D eigenvalue weighted by Gasteiger charge is -2.28.